The Morgan fingerprint density at radius 3 is 2.35 bits per heavy atom. The standard InChI is InChI=1S/C18H21N3O.ClH/c1-14(22)21-16-7-4-3-6-15(16)20-11-5-8-17(20)18(21)9-12-19(2)13-10-18;/h3-8,11H,9-10,12-13H2,1-2H3;1H. The lowest BCUT2D eigenvalue weighted by Gasteiger charge is -2.51. The molecule has 1 aromatic heterocycles. The lowest BCUT2D eigenvalue weighted by molar-refractivity contribution is -0.118. The molecule has 0 saturated carbocycles. The Morgan fingerprint density at radius 2 is 1.70 bits per heavy atom. The number of piperidine rings is 1. The van der Waals surface area contributed by atoms with E-state index < -0.39 is 0 Å². The van der Waals surface area contributed by atoms with Gasteiger partial charge in [0.25, 0.3) is 0 Å². The van der Waals surface area contributed by atoms with Gasteiger partial charge in [-0.25, -0.2) is 0 Å². The minimum Gasteiger partial charge on any atom is -0.316 e. The van der Waals surface area contributed by atoms with Gasteiger partial charge in [0.05, 0.1) is 16.9 Å². The maximum absolute atomic E-state index is 12.6. The predicted octanol–water partition coefficient (Wildman–Crippen LogP) is 3.19. The van der Waals surface area contributed by atoms with E-state index in [-0.39, 0.29) is 23.9 Å². The van der Waals surface area contributed by atoms with Crippen molar-refractivity contribution >= 4 is 24.0 Å². The fourth-order valence-electron chi connectivity index (χ4n) is 4.11. The fraction of sp³-hybridized carbons (Fsp3) is 0.389. The van der Waals surface area contributed by atoms with Crippen molar-refractivity contribution in [3.8, 4) is 5.69 Å². The number of hydrogen-bond acceptors (Lipinski definition) is 2. The number of anilines is 1. The summed E-state index contributed by atoms with van der Waals surface area (Å²) in [5, 5.41) is 0. The van der Waals surface area contributed by atoms with Crippen molar-refractivity contribution in [2.75, 3.05) is 25.0 Å². The lowest BCUT2D eigenvalue weighted by atomic mass is 9.80. The van der Waals surface area contributed by atoms with Crippen molar-refractivity contribution in [3.63, 3.8) is 0 Å². The molecule has 4 rings (SSSR count). The Hall–Kier alpha value is -1.78. The number of aromatic nitrogens is 1. The first-order chi connectivity index (χ1) is 10.6. The van der Waals surface area contributed by atoms with E-state index in [0.717, 1.165) is 37.3 Å². The van der Waals surface area contributed by atoms with E-state index in [4.69, 9.17) is 0 Å². The molecular formula is C18H22ClN3O. The lowest BCUT2D eigenvalue weighted by Crippen LogP contribution is -2.57. The topological polar surface area (TPSA) is 28.5 Å². The van der Waals surface area contributed by atoms with Crippen LogP contribution < -0.4 is 4.90 Å². The molecule has 0 radical (unpaired) electrons. The minimum atomic E-state index is -0.212. The Kier molecular flexibility index (Phi) is 3.98. The van der Waals surface area contributed by atoms with Crippen LogP contribution in [0.1, 0.15) is 25.5 Å². The molecule has 23 heavy (non-hydrogen) atoms. The maximum atomic E-state index is 12.6. The van der Waals surface area contributed by atoms with E-state index >= 15 is 0 Å². The molecule has 4 nitrogen and oxygen atoms in total. The SMILES string of the molecule is CC(=O)N1c2ccccc2-n2cccc2C12CCN(C)CC2.Cl. The number of benzene rings is 1. The summed E-state index contributed by atoms with van der Waals surface area (Å²) in [7, 11) is 2.15. The molecule has 0 unspecified atom stereocenters. The van der Waals surface area contributed by atoms with Gasteiger partial charge in [0, 0.05) is 31.9 Å². The Bertz CT molecular complexity index is 731. The number of fused-ring (bicyclic) bond motifs is 4. The van der Waals surface area contributed by atoms with Gasteiger partial charge in [0.2, 0.25) is 5.91 Å². The quantitative estimate of drug-likeness (QED) is 0.741. The Morgan fingerprint density at radius 1 is 1.04 bits per heavy atom. The van der Waals surface area contributed by atoms with Crippen LogP contribution in [0.4, 0.5) is 5.69 Å². The minimum absolute atomic E-state index is 0. The largest absolute Gasteiger partial charge is 0.316 e. The Balaban J connectivity index is 0.00000156. The summed E-state index contributed by atoms with van der Waals surface area (Å²) in [4.78, 5) is 16.9. The normalized spacial score (nSPS) is 19.0. The van der Waals surface area contributed by atoms with Gasteiger partial charge in [-0.05, 0) is 44.2 Å². The first kappa shape index (κ1) is 16.1. The molecule has 0 atom stereocenters. The highest BCUT2D eigenvalue weighted by molar-refractivity contribution is 5.96. The van der Waals surface area contributed by atoms with Gasteiger partial charge in [0.15, 0.2) is 0 Å². The molecule has 1 fully saturated rings. The van der Waals surface area contributed by atoms with Crippen molar-refractivity contribution in [3.05, 3.63) is 48.3 Å². The number of para-hydroxylation sites is 2. The zero-order valence-corrected chi connectivity index (χ0v) is 14.3. The predicted molar refractivity (Wildman–Crippen MR) is 94.6 cm³/mol. The number of halogens is 1. The number of carbonyl (C=O) groups excluding carboxylic acids is 1. The van der Waals surface area contributed by atoms with E-state index in [1.165, 1.54) is 5.69 Å². The number of carbonyl (C=O) groups is 1. The van der Waals surface area contributed by atoms with Crippen LogP contribution in [0.5, 0.6) is 0 Å². The molecule has 5 heteroatoms. The summed E-state index contributed by atoms with van der Waals surface area (Å²) >= 11 is 0. The summed E-state index contributed by atoms with van der Waals surface area (Å²) < 4.78 is 2.26. The van der Waals surface area contributed by atoms with Gasteiger partial charge in [0.1, 0.15) is 0 Å². The van der Waals surface area contributed by atoms with Crippen LogP contribution in [0.3, 0.4) is 0 Å². The summed E-state index contributed by atoms with van der Waals surface area (Å²) in [5.41, 5.74) is 3.16. The summed E-state index contributed by atoms with van der Waals surface area (Å²) in [6.07, 6.45) is 4.06. The highest BCUT2D eigenvalue weighted by Crippen LogP contribution is 2.47. The number of rotatable bonds is 0. The van der Waals surface area contributed by atoms with E-state index in [1.54, 1.807) is 6.92 Å². The van der Waals surface area contributed by atoms with Crippen LogP contribution in [-0.2, 0) is 10.3 Å². The van der Waals surface area contributed by atoms with Crippen molar-refractivity contribution in [1.29, 1.82) is 0 Å². The highest BCUT2D eigenvalue weighted by atomic mass is 35.5. The molecular weight excluding hydrogens is 310 g/mol. The van der Waals surface area contributed by atoms with Crippen LogP contribution >= 0.6 is 12.4 Å². The van der Waals surface area contributed by atoms with E-state index in [1.807, 2.05) is 17.0 Å². The van der Waals surface area contributed by atoms with E-state index in [2.05, 4.69) is 47.0 Å². The van der Waals surface area contributed by atoms with Crippen LogP contribution in [0.2, 0.25) is 0 Å². The molecule has 1 amide bonds. The van der Waals surface area contributed by atoms with Crippen molar-refractivity contribution < 1.29 is 4.79 Å². The molecule has 0 aliphatic carbocycles. The molecule has 122 valence electrons. The third-order valence-corrected chi connectivity index (χ3v) is 5.16. The summed E-state index contributed by atoms with van der Waals surface area (Å²) in [6, 6.07) is 12.5. The van der Waals surface area contributed by atoms with Gasteiger partial charge in [-0.2, -0.15) is 0 Å². The molecule has 0 bridgehead atoms. The number of likely N-dealkylation sites (tertiary alicyclic amines) is 1. The molecule has 1 spiro atoms. The average Bonchev–Trinajstić information content (AvgIpc) is 3.00. The maximum Gasteiger partial charge on any atom is 0.224 e. The van der Waals surface area contributed by atoms with Crippen LogP contribution in [-0.4, -0.2) is 35.5 Å². The molecule has 3 heterocycles. The second-order valence-corrected chi connectivity index (χ2v) is 6.44. The van der Waals surface area contributed by atoms with Crippen LogP contribution in [0, 0.1) is 0 Å². The van der Waals surface area contributed by atoms with Crippen molar-refractivity contribution in [2.24, 2.45) is 0 Å². The molecule has 2 aromatic rings. The number of hydrogen-bond donors (Lipinski definition) is 0. The van der Waals surface area contributed by atoms with Gasteiger partial charge >= 0.3 is 0 Å². The monoisotopic (exact) mass is 331 g/mol. The number of amides is 1. The summed E-state index contributed by atoms with van der Waals surface area (Å²) in [5.74, 6) is 0.129. The van der Waals surface area contributed by atoms with Crippen molar-refractivity contribution in [2.45, 2.75) is 25.3 Å². The average molecular weight is 332 g/mol. The van der Waals surface area contributed by atoms with E-state index in [0.29, 0.717) is 0 Å². The Labute approximate surface area is 143 Å². The smallest absolute Gasteiger partial charge is 0.224 e. The van der Waals surface area contributed by atoms with E-state index in [9.17, 15) is 4.79 Å². The van der Waals surface area contributed by atoms with Crippen LogP contribution in [0.15, 0.2) is 42.6 Å². The number of nitrogens with zero attached hydrogens (tertiary/aromatic N) is 3. The summed E-state index contributed by atoms with van der Waals surface area (Å²) in [6.45, 7) is 3.71. The molecule has 1 aromatic carbocycles. The zero-order valence-electron chi connectivity index (χ0n) is 13.5. The fourth-order valence-corrected chi connectivity index (χ4v) is 4.11. The van der Waals surface area contributed by atoms with Gasteiger partial charge in [-0.3, -0.25) is 9.69 Å². The van der Waals surface area contributed by atoms with Gasteiger partial charge < -0.3 is 9.47 Å². The third kappa shape index (κ3) is 2.20. The first-order valence-electron chi connectivity index (χ1n) is 7.90. The van der Waals surface area contributed by atoms with Gasteiger partial charge in [-0.1, -0.05) is 12.1 Å². The molecule has 1 saturated heterocycles. The first-order valence-corrected chi connectivity index (χ1v) is 7.90. The molecule has 2 aliphatic heterocycles. The molecule has 2 aliphatic rings. The van der Waals surface area contributed by atoms with Crippen molar-refractivity contribution in [1.82, 2.24) is 9.47 Å². The zero-order chi connectivity index (χ0) is 15.3. The van der Waals surface area contributed by atoms with Crippen LogP contribution in [0.25, 0.3) is 5.69 Å². The molecule has 0 N–H and O–H groups in total. The third-order valence-electron chi connectivity index (χ3n) is 5.16. The second kappa shape index (κ2) is 5.69. The highest BCUT2D eigenvalue weighted by Gasteiger charge is 2.48. The second-order valence-electron chi connectivity index (χ2n) is 6.44. The van der Waals surface area contributed by atoms with Gasteiger partial charge in [-0.15, -0.1) is 12.4 Å².